The van der Waals surface area contributed by atoms with Gasteiger partial charge < -0.3 is 83.2 Å². The number of carbonyl (C=O) groups excluding carboxylic acids is 17. The van der Waals surface area contributed by atoms with E-state index in [4.69, 9.17) is 67.7 Å². The molecular weight excluding hydrogens is 1720 g/mol. The highest BCUT2D eigenvalue weighted by Gasteiger charge is 2.37. The van der Waals surface area contributed by atoms with Gasteiger partial charge in [0.1, 0.15) is 46.2 Å². The first-order chi connectivity index (χ1) is 63.0. The summed E-state index contributed by atoms with van der Waals surface area (Å²) >= 11 is 0. The Morgan fingerprint density at radius 1 is 0.374 bits per heavy atom. The SMILES string of the molecule is CC(=O)COCCOCCCC(=O)OCC1c2ccccc2-c2ccccc21.CC(=O)COCCOCCN.CC(=O)COCCOCCNC(=O)CCN1C(=O)C=CC1=O.CC(=O)COCCOCCNC(=O)CCN1C(=O)CC(C)C1=O.O=C(CCN1C(=O)C=CC1=O)ON1C(=O)CCC1=O.O=C(O)COCCOCCCC(=O)OCC1c2ccccc2-c2ccccc21. The van der Waals surface area contributed by atoms with Gasteiger partial charge in [-0.25, -0.2) is 9.59 Å². The van der Waals surface area contributed by atoms with Crippen LogP contribution in [0.4, 0.5) is 0 Å². The average molecular weight is 1830 g/mol. The van der Waals surface area contributed by atoms with Crippen molar-refractivity contribution >= 4 is 106 Å². The Morgan fingerprint density at radius 2 is 0.687 bits per heavy atom. The van der Waals surface area contributed by atoms with Crippen LogP contribution in [0, 0.1) is 5.92 Å². The normalized spacial score (nSPS) is 14.3. The molecule has 39 nitrogen and oxygen atoms in total. The predicted octanol–water partition coefficient (Wildman–Crippen LogP) is 4.01. The highest BCUT2D eigenvalue weighted by atomic mass is 16.7. The first kappa shape index (κ1) is 110. The number of ketones is 4. The summed E-state index contributed by atoms with van der Waals surface area (Å²) in [6, 6.07) is 33.0. The van der Waals surface area contributed by atoms with E-state index < -0.39 is 47.4 Å². The Hall–Kier alpha value is -12.0. The summed E-state index contributed by atoms with van der Waals surface area (Å²) in [5.41, 5.74) is 14.8. The van der Waals surface area contributed by atoms with Crippen molar-refractivity contribution in [3.05, 3.63) is 144 Å². The van der Waals surface area contributed by atoms with E-state index in [9.17, 15) is 86.3 Å². The van der Waals surface area contributed by atoms with Crippen molar-refractivity contribution < 1.29 is 153 Å². The maximum Gasteiger partial charge on any atom is 0.335 e. The maximum atomic E-state index is 12.1. The summed E-state index contributed by atoms with van der Waals surface area (Å²) in [6.45, 7) is 15.2. The largest absolute Gasteiger partial charge is 0.480 e. The lowest BCUT2D eigenvalue weighted by molar-refractivity contribution is -0.197. The third-order valence-electron chi connectivity index (χ3n) is 18.9. The zero-order valence-corrected chi connectivity index (χ0v) is 74.6. The average Bonchev–Trinajstić information content (AvgIpc) is 1.62. The summed E-state index contributed by atoms with van der Waals surface area (Å²) in [4.78, 5) is 209. The van der Waals surface area contributed by atoms with Crippen LogP contribution in [0.5, 0.6) is 0 Å². The Morgan fingerprint density at radius 3 is 1.02 bits per heavy atom. The number of rotatable bonds is 55. The van der Waals surface area contributed by atoms with E-state index in [1.165, 1.54) is 84.4 Å². The van der Waals surface area contributed by atoms with Gasteiger partial charge in [0.05, 0.1) is 92.3 Å². The van der Waals surface area contributed by atoms with Crippen LogP contribution in [-0.2, 0) is 148 Å². The zero-order valence-electron chi connectivity index (χ0n) is 74.6. The zero-order chi connectivity index (χ0) is 95.7. The fraction of sp³-hybridized carbons (Fsp3) is 0.500. The van der Waals surface area contributed by atoms with Crippen molar-refractivity contribution in [1.82, 2.24) is 30.4 Å². The number of benzene rings is 4. The number of Topliss-reactive ketones (excluding diaryl/α,β-unsaturated/α-hetero) is 4. The molecule has 2 fully saturated rings. The third-order valence-corrected chi connectivity index (χ3v) is 18.9. The molecule has 1 unspecified atom stereocenters. The van der Waals surface area contributed by atoms with Crippen LogP contribution < -0.4 is 16.4 Å². The molecule has 4 aliphatic heterocycles. The minimum atomic E-state index is -1.00. The smallest absolute Gasteiger partial charge is 0.335 e. The highest BCUT2D eigenvalue weighted by molar-refractivity contribution is 6.14. The monoisotopic (exact) mass is 1830 g/mol. The van der Waals surface area contributed by atoms with E-state index in [-0.39, 0.29) is 181 Å². The lowest BCUT2D eigenvalue weighted by Crippen LogP contribution is -2.35. The second kappa shape index (κ2) is 63.1. The number of carboxylic acid groups (broad SMARTS) is 1. The number of hydroxylamine groups is 2. The fourth-order valence-electron chi connectivity index (χ4n) is 12.7. The number of nitrogens with zero attached hydrogens (tertiary/aromatic N) is 4. The molecule has 2 aliphatic carbocycles. The number of carbonyl (C=O) groups is 18. The summed E-state index contributed by atoms with van der Waals surface area (Å²) in [5.74, 6) is -6.38. The van der Waals surface area contributed by atoms with E-state index in [0.717, 1.165) is 26.9 Å². The molecule has 0 aromatic heterocycles. The van der Waals surface area contributed by atoms with Gasteiger partial charge in [-0.2, -0.15) is 0 Å². The lowest BCUT2D eigenvalue weighted by Gasteiger charge is -2.15. The standard InChI is InChI=1S/C23H26O5.C22H24O6.C15H24N2O6.C14H20N2O6.C11H10N2O6.C7H15NO3/c1-17(24)15-27-14-13-26-12-6-11-23(25)28-16-22-20-9-4-2-7-18(20)19-8-3-5-10-21(19)22;23-21(24)15-27-13-12-26-11-5-10-22(25)28-14-20-18-8-3-1-6-16(18)17-7-2-4-9-19(17)20;1-11-9-14(20)17(15(11)21)5-3-13(19)16-4-6-22-7-8-23-10-12(2)18;1-11(17)10-22-9-8-21-7-5-15-12(18)4-6-16-13(19)2-3-14(16)20;14-7-1-2-8(15)12(7)6-5-11(18)19-13-9(16)3-4-10(13)17;1-7(9)6-11-5-4-10-3-2-8/h2-5,7-10,22H,6,11-16H2,1H3;1-4,6-9,20H,5,10-15H2,(H,23,24);11H,3-10H2,1-2H3,(H,16,19);2-3H,4-10H2,1H3,(H,15,18);1-2H,3-6H2;2-6,8H2,1H3. The molecule has 6 aliphatic rings. The minimum absolute atomic E-state index is 0.00439. The maximum absolute atomic E-state index is 12.1. The molecule has 10 amide bonds. The molecule has 1 atom stereocenters. The van der Waals surface area contributed by atoms with Gasteiger partial charge in [-0.1, -0.05) is 104 Å². The second-order valence-corrected chi connectivity index (χ2v) is 29.6. The Labute approximate surface area is 759 Å². The van der Waals surface area contributed by atoms with Crippen LogP contribution in [-0.4, -0.2) is 316 Å². The van der Waals surface area contributed by atoms with Crippen LogP contribution >= 0.6 is 0 Å². The molecule has 714 valence electrons. The molecule has 0 saturated carbocycles. The molecule has 0 radical (unpaired) electrons. The molecular formula is C92H119N7O32. The van der Waals surface area contributed by atoms with Crippen molar-refractivity contribution in [1.29, 1.82) is 0 Å². The Balaban J connectivity index is 0.000000283. The van der Waals surface area contributed by atoms with Crippen molar-refractivity contribution in [2.24, 2.45) is 11.7 Å². The summed E-state index contributed by atoms with van der Waals surface area (Å²) in [7, 11) is 0. The van der Waals surface area contributed by atoms with Crippen molar-refractivity contribution in [2.45, 2.75) is 111 Å². The Kier molecular flexibility index (Phi) is 52.7. The van der Waals surface area contributed by atoms with Gasteiger partial charge in [0, 0.05) is 139 Å². The van der Waals surface area contributed by atoms with Gasteiger partial charge >= 0.3 is 23.9 Å². The number of ether oxygens (including phenoxy) is 12. The highest BCUT2D eigenvalue weighted by Crippen LogP contribution is 2.46. The Bertz CT molecular complexity index is 4250. The number of fused-ring (bicyclic) bond motifs is 6. The second-order valence-electron chi connectivity index (χ2n) is 29.6. The lowest BCUT2D eigenvalue weighted by atomic mass is 9.98. The van der Waals surface area contributed by atoms with Gasteiger partial charge in [-0.3, -0.25) is 91.4 Å². The van der Waals surface area contributed by atoms with Crippen LogP contribution in [0.15, 0.2) is 121 Å². The van der Waals surface area contributed by atoms with E-state index in [1.807, 2.05) is 48.5 Å². The number of hydrogen-bond acceptors (Lipinski definition) is 32. The van der Waals surface area contributed by atoms with E-state index >= 15 is 0 Å². The number of nitrogens with two attached hydrogens (primary N) is 1. The molecule has 10 rings (SSSR count). The number of aliphatic carboxylic acids is 1. The molecule has 5 N–H and O–H groups in total. The van der Waals surface area contributed by atoms with Gasteiger partial charge in [0.25, 0.3) is 35.4 Å². The molecule has 4 heterocycles. The minimum Gasteiger partial charge on any atom is -0.480 e. The van der Waals surface area contributed by atoms with Crippen LogP contribution in [0.2, 0.25) is 0 Å². The molecule has 4 aromatic rings. The molecule has 131 heavy (non-hydrogen) atoms. The number of likely N-dealkylation sites (tertiary alicyclic amines) is 1. The van der Waals surface area contributed by atoms with E-state index in [1.54, 1.807) is 6.92 Å². The molecule has 2 saturated heterocycles. The molecule has 39 heteroatoms. The van der Waals surface area contributed by atoms with Crippen molar-refractivity contribution in [3.8, 4) is 22.3 Å². The van der Waals surface area contributed by atoms with Crippen LogP contribution in [0.3, 0.4) is 0 Å². The number of hydrogen-bond donors (Lipinski definition) is 4. The number of nitrogens with one attached hydrogen (secondary N) is 2. The number of imide groups is 4. The van der Waals surface area contributed by atoms with Crippen molar-refractivity contribution in [3.63, 3.8) is 0 Å². The van der Waals surface area contributed by atoms with E-state index in [2.05, 4.69) is 64.0 Å². The van der Waals surface area contributed by atoms with Gasteiger partial charge in [-0.05, 0) is 85.0 Å². The van der Waals surface area contributed by atoms with Crippen LogP contribution in [0.1, 0.15) is 133 Å². The summed E-state index contributed by atoms with van der Waals surface area (Å²) in [5, 5.41) is 14.1. The molecule has 4 aromatic carbocycles. The fourth-order valence-corrected chi connectivity index (χ4v) is 12.7. The first-order valence-electron chi connectivity index (χ1n) is 42.9. The summed E-state index contributed by atoms with van der Waals surface area (Å²) in [6.07, 6.45) is 6.43. The molecule has 0 bridgehead atoms. The van der Waals surface area contributed by atoms with Gasteiger partial charge in [0.15, 0.2) is 23.1 Å². The van der Waals surface area contributed by atoms with Crippen molar-refractivity contribution in [2.75, 3.05) is 185 Å². The summed E-state index contributed by atoms with van der Waals surface area (Å²) < 4.78 is 62.1. The van der Waals surface area contributed by atoms with Gasteiger partial charge in [0.2, 0.25) is 23.6 Å². The first-order valence-corrected chi connectivity index (χ1v) is 42.9. The quantitative estimate of drug-likeness (QED) is 0.0275. The van der Waals surface area contributed by atoms with E-state index in [0.29, 0.717) is 150 Å². The number of esters is 2. The number of carboxylic acids is 1. The number of amides is 10. The van der Waals surface area contributed by atoms with Gasteiger partial charge in [-0.15, -0.1) is 5.06 Å². The predicted molar refractivity (Wildman–Crippen MR) is 465 cm³/mol. The molecule has 0 spiro atoms. The van der Waals surface area contributed by atoms with Crippen LogP contribution in [0.25, 0.3) is 22.3 Å². The third kappa shape index (κ3) is 43.1. The topological polar surface area (TPSA) is 511 Å².